The van der Waals surface area contributed by atoms with E-state index in [-0.39, 0.29) is 10.1 Å². The predicted molar refractivity (Wildman–Crippen MR) is 103 cm³/mol. The fourth-order valence-electron chi connectivity index (χ4n) is 2.44. The molecule has 0 radical (unpaired) electrons. The lowest BCUT2D eigenvalue weighted by molar-refractivity contribution is 0.00670. The maximum atomic E-state index is 6.75. The van der Waals surface area contributed by atoms with Crippen molar-refractivity contribution in [3.05, 3.63) is 0 Å². The highest BCUT2D eigenvalue weighted by atomic mass is 28.4. The van der Waals surface area contributed by atoms with Crippen LogP contribution in [0.25, 0.3) is 0 Å². The van der Waals surface area contributed by atoms with Crippen LogP contribution in [0, 0.1) is 0 Å². The monoisotopic (exact) mass is 344 g/mol. The normalized spacial score (nSPS) is 25.4. The van der Waals surface area contributed by atoms with Gasteiger partial charge in [0.2, 0.25) is 0 Å². The molecule has 0 aliphatic heterocycles. The highest BCUT2D eigenvalue weighted by Crippen LogP contribution is 2.42. The first-order chi connectivity index (χ1) is 9.67. The summed E-state index contributed by atoms with van der Waals surface area (Å²) in [6.45, 7) is 23.4. The van der Waals surface area contributed by atoms with Crippen molar-refractivity contribution in [2.75, 3.05) is 0 Å². The van der Waals surface area contributed by atoms with Crippen molar-refractivity contribution >= 4 is 16.6 Å². The van der Waals surface area contributed by atoms with Gasteiger partial charge in [-0.15, -0.1) is 0 Å². The lowest BCUT2D eigenvalue weighted by Gasteiger charge is -2.46. The summed E-state index contributed by atoms with van der Waals surface area (Å²) >= 11 is 0. The Balaban J connectivity index is 2.85. The van der Waals surface area contributed by atoms with E-state index in [0.717, 1.165) is 0 Å². The molecule has 4 heteroatoms. The first kappa shape index (κ1) is 20.4. The quantitative estimate of drug-likeness (QED) is 0.554. The van der Waals surface area contributed by atoms with Gasteiger partial charge in [0.15, 0.2) is 16.6 Å². The Morgan fingerprint density at radius 3 is 1.14 bits per heavy atom. The van der Waals surface area contributed by atoms with Crippen LogP contribution in [0.3, 0.4) is 0 Å². The van der Waals surface area contributed by atoms with E-state index in [4.69, 9.17) is 8.85 Å². The average molecular weight is 345 g/mol. The zero-order valence-electron chi connectivity index (χ0n) is 16.8. The Hall–Kier alpha value is 0.354. The second-order valence-electron chi connectivity index (χ2n) is 10.1. The highest BCUT2D eigenvalue weighted by molar-refractivity contribution is 6.74. The molecule has 0 spiro atoms. The molecule has 0 heterocycles. The van der Waals surface area contributed by atoms with Crippen LogP contribution in [-0.2, 0) is 8.85 Å². The summed E-state index contributed by atoms with van der Waals surface area (Å²) in [7, 11) is -3.44. The largest absolute Gasteiger partial charge is 0.411 e. The summed E-state index contributed by atoms with van der Waals surface area (Å²) in [4.78, 5) is 0. The van der Waals surface area contributed by atoms with Crippen molar-refractivity contribution in [2.24, 2.45) is 0 Å². The van der Waals surface area contributed by atoms with E-state index in [0.29, 0.717) is 12.2 Å². The molecule has 1 saturated carbocycles. The Kier molecular flexibility index (Phi) is 6.21. The van der Waals surface area contributed by atoms with Gasteiger partial charge >= 0.3 is 0 Å². The summed E-state index contributed by atoms with van der Waals surface area (Å²) in [5, 5.41) is 0.540. The molecule has 1 aliphatic rings. The molecule has 0 aromatic heterocycles. The summed E-state index contributed by atoms with van der Waals surface area (Å²) in [6.07, 6.45) is 5.54. The number of rotatable bonds is 4. The van der Waals surface area contributed by atoms with E-state index >= 15 is 0 Å². The molecule has 0 N–H and O–H groups in total. The molecule has 0 amide bonds. The molecular weight excluding hydrogens is 304 g/mol. The molecule has 1 fully saturated rings. The molecule has 0 bridgehead atoms. The van der Waals surface area contributed by atoms with Gasteiger partial charge in [-0.05, 0) is 49.1 Å². The number of hydrogen-bond acceptors (Lipinski definition) is 2. The maximum Gasteiger partial charge on any atom is 0.192 e. The zero-order valence-corrected chi connectivity index (χ0v) is 18.8. The summed E-state index contributed by atoms with van der Waals surface area (Å²) < 4.78 is 13.5. The fourth-order valence-corrected chi connectivity index (χ4v) is 5.20. The molecule has 2 nitrogen and oxygen atoms in total. The second kappa shape index (κ2) is 6.69. The van der Waals surface area contributed by atoms with Gasteiger partial charge in [0.1, 0.15) is 0 Å². The molecule has 132 valence electrons. The van der Waals surface area contributed by atoms with Gasteiger partial charge in [0.25, 0.3) is 0 Å². The van der Waals surface area contributed by atoms with E-state index < -0.39 is 16.6 Å². The van der Waals surface area contributed by atoms with Crippen molar-refractivity contribution in [2.45, 2.75) is 116 Å². The second-order valence-corrected chi connectivity index (χ2v) is 19.6. The zero-order chi connectivity index (χ0) is 17.4. The van der Waals surface area contributed by atoms with Crippen molar-refractivity contribution < 1.29 is 8.85 Å². The number of hydrogen-bond donors (Lipinski definition) is 0. The van der Waals surface area contributed by atoms with Crippen LogP contribution in [0.4, 0.5) is 0 Å². The lowest BCUT2D eigenvalue weighted by Crippen LogP contribution is -2.52. The Morgan fingerprint density at radius 1 is 0.636 bits per heavy atom. The van der Waals surface area contributed by atoms with E-state index in [2.05, 4.69) is 67.7 Å². The summed E-state index contributed by atoms with van der Waals surface area (Å²) in [5.74, 6) is 0. The topological polar surface area (TPSA) is 18.5 Å². The van der Waals surface area contributed by atoms with Crippen LogP contribution < -0.4 is 0 Å². The van der Waals surface area contributed by atoms with Crippen LogP contribution in [0.2, 0.25) is 36.3 Å². The van der Waals surface area contributed by atoms with Crippen LogP contribution in [0.1, 0.15) is 67.2 Å². The van der Waals surface area contributed by atoms with Gasteiger partial charge in [0, 0.05) is 0 Å². The molecule has 1 rings (SSSR count). The molecule has 1 aliphatic carbocycles. The van der Waals surface area contributed by atoms with E-state index in [9.17, 15) is 0 Å². The summed E-state index contributed by atoms with van der Waals surface area (Å²) in [6, 6.07) is 0. The maximum absolute atomic E-state index is 6.75. The van der Waals surface area contributed by atoms with Gasteiger partial charge in [0.05, 0.1) is 12.2 Å². The van der Waals surface area contributed by atoms with Crippen molar-refractivity contribution in [3.8, 4) is 0 Å². The standard InChI is InChI=1S/C18H40O2Si2/c1-17(2,3)21(7,8)19-15-13-11-12-14-16(15)20-22(9,10)18(4,5)6/h15-16H,11-14H2,1-10H3/t15-,16-/m0/s1. The first-order valence-corrected chi connectivity index (χ1v) is 14.8. The van der Waals surface area contributed by atoms with Gasteiger partial charge < -0.3 is 8.85 Å². The fraction of sp³-hybridized carbons (Fsp3) is 1.00. The minimum atomic E-state index is -1.72. The van der Waals surface area contributed by atoms with Crippen LogP contribution in [0.15, 0.2) is 0 Å². The molecule has 2 atom stereocenters. The Morgan fingerprint density at radius 2 is 0.909 bits per heavy atom. The molecule has 0 aromatic rings. The van der Waals surface area contributed by atoms with Crippen molar-refractivity contribution in [1.29, 1.82) is 0 Å². The van der Waals surface area contributed by atoms with Crippen LogP contribution >= 0.6 is 0 Å². The van der Waals surface area contributed by atoms with Crippen molar-refractivity contribution in [3.63, 3.8) is 0 Å². The molecule has 0 unspecified atom stereocenters. The van der Waals surface area contributed by atoms with Crippen LogP contribution in [0.5, 0.6) is 0 Å². The van der Waals surface area contributed by atoms with Crippen LogP contribution in [-0.4, -0.2) is 28.8 Å². The van der Waals surface area contributed by atoms with Gasteiger partial charge in [-0.2, -0.15) is 0 Å². The average Bonchev–Trinajstić information content (AvgIpc) is 2.28. The third kappa shape index (κ3) is 4.92. The van der Waals surface area contributed by atoms with Gasteiger partial charge in [-0.1, -0.05) is 54.4 Å². The molecule has 0 saturated heterocycles. The first-order valence-electron chi connectivity index (χ1n) is 9.03. The van der Waals surface area contributed by atoms with E-state index in [1.807, 2.05) is 0 Å². The molecule has 22 heavy (non-hydrogen) atoms. The SMILES string of the molecule is CC(C)(C)[Si](C)(C)O[C@H]1CCCC[C@@H]1O[Si](C)(C)C(C)(C)C. The Bertz CT molecular complexity index is 328. The summed E-state index contributed by atoms with van der Waals surface area (Å²) in [5.41, 5.74) is 0. The van der Waals surface area contributed by atoms with E-state index in [1.54, 1.807) is 0 Å². The van der Waals surface area contributed by atoms with E-state index in [1.165, 1.54) is 25.7 Å². The third-order valence-corrected chi connectivity index (χ3v) is 15.2. The Labute approximate surface area is 141 Å². The lowest BCUT2D eigenvalue weighted by atomic mass is 9.95. The molecule has 0 aromatic carbocycles. The van der Waals surface area contributed by atoms with Crippen molar-refractivity contribution in [1.82, 2.24) is 0 Å². The molecular formula is C18H40O2Si2. The van der Waals surface area contributed by atoms with Gasteiger partial charge in [-0.3, -0.25) is 0 Å². The highest BCUT2D eigenvalue weighted by Gasteiger charge is 2.45. The minimum Gasteiger partial charge on any atom is -0.411 e. The predicted octanol–water partition coefficient (Wildman–Crippen LogP) is 6.34. The van der Waals surface area contributed by atoms with Gasteiger partial charge in [-0.25, -0.2) is 0 Å². The smallest absolute Gasteiger partial charge is 0.192 e. The third-order valence-electron chi connectivity index (χ3n) is 6.15. The minimum absolute atomic E-state index is 0.270.